The monoisotopic (exact) mass is 424 g/mol. The number of benzene rings is 1. The molecule has 0 saturated heterocycles. The molecule has 4 heterocycles. The van der Waals surface area contributed by atoms with Crippen LogP contribution in [-0.4, -0.2) is 51.7 Å². The summed E-state index contributed by atoms with van der Waals surface area (Å²) in [6.45, 7) is 3.52. The Hall–Kier alpha value is -3.60. The summed E-state index contributed by atoms with van der Waals surface area (Å²) in [6, 6.07) is 8.55. The summed E-state index contributed by atoms with van der Waals surface area (Å²) in [6.07, 6.45) is 2.46. The van der Waals surface area contributed by atoms with Gasteiger partial charge in [-0.25, -0.2) is 5.10 Å². The number of hydrogen-bond donors (Lipinski definition) is 1. The van der Waals surface area contributed by atoms with E-state index in [4.69, 9.17) is 11.6 Å². The van der Waals surface area contributed by atoms with Crippen LogP contribution in [0.25, 0.3) is 17.1 Å². The first-order chi connectivity index (χ1) is 14.6. The molecule has 0 bridgehead atoms. The van der Waals surface area contributed by atoms with Crippen molar-refractivity contribution in [2.45, 2.75) is 25.9 Å². The molecule has 3 aromatic heterocycles. The Labute approximate surface area is 175 Å². The molecule has 1 N–H and O–H groups in total. The normalized spacial score (nSPS) is 14.5. The van der Waals surface area contributed by atoms with Gasteiger partial charge in [0, 0.05) is 29.7 Å². The van der Waals surface area contributed by atoms with Crippen LogP contribution in [0.5, 0.6) is 0 Å². The van der Waals surface area contributed by atoms with Crippen molar-refractivity contribution >= 4 is 17.5 Å². The number of rotatable bonds is 4. The third kappa shape index (κ3) is 3.22. The van der Waals surface area contributed by atoms with E-state index in [9.17, 15) is 4.79 Å². The van der Waals surface area contributed by atoms with E-state index in [0.717, 1.165) is 25.2 Å². The van der Waals surface area contributed by atoms with Gasteiger partial charge in [-0.3, -0.25) is 9.36 Å². The Morgan fingerprint density at radius 2 is 2.07 bits per heavy atom. The highest BCUT2D eigenvalue weighted by molar-refractivity contribution is 6.30. The van der Waals surface area contributed by atoms with Gasteiger partial charge in [-0.15, -0.1) is 25.2 Å². The van der Waals surface area contributed by atoms with Gasteiger partial charge in [0.25, 0.3) is 5.56 Å². The molecule has 0 aliphatic carbocycles. The van der Waals surface area contributed by atoms with Gasteiger partial charge in [-0.1, -0.05) is 17.7 Å². The van der Waals surface area contributed by atoms with Gasteiger partial charge >= 0.3 is 0 Å². The second-order valence-electron chi connectivity index (χ2n) is 6.95. The lowest BCUT2D eigenvalue weighted by atomic mass is 10.2. The number of anilines is 1. The molecule has 30 heavy (non-hydrogen) atoms. The van der Waals surface area contributed by atoms with E-state index in [1.54, 1.807) is 18.3 Å². The number of aromatic amines is 1. The molecule has 11 nitrogen and oxygen atoms in total. The number of halogens is 1. The third-order valence-electron chi connectivity index (χ3n) is 5.00. The van der Waals surface area contributed by atoms with Gasteiger partial charge in [-0.05, 0) is 36.8 Å². The topological polar surface area (TPSA) is 123 Å². The number of fused-ring (bicyclic) bond motifs is 1. The van der Waals surface area contributed by atoms with E-state index in [-0.39, 0.29) is 11.6 Å². The summed E-state index contributed by atoms with van der Waals surface area (Å²) < 4.78 is 1.98. The predicted octanol–water partition coefficient (Wildman–Crippen LogP) is 1.63. The van der Waals surface area contributed by atoms with E-state index in [1.807, 2.05) is 23.6 Å². The zero-order chi connectivity index (χ0) is 20.7. The van der Waals surface area contributed by atoms with E-state index < -0.39 is 0 Å². The Balaban J connectivity index is 1.46. The maximum Gasteiger partial charge on any atom is 0.264 e. The largest absolute Gasteiger partial charge is 0.331 e. The van der Waals surface area contributed by atoms with Crippen molar-refractivity contribution in [2.75, 3.05) is 11.4 Å². The molecule has 152 valence electrons. The number of tetrazole rings is 1. The highest BCUT2D eigenvalue weighted by Crippen LogP contribution is 2.30. The van der Waals surface area contributed by atoms with Crippen molar-refractivity contribution in [1.82, 2.24) is 45.2 Å². The second kappa shape index (κ2) is 7.34. The van der Waals surface area contributed by atoms with Crippen LogP contribution in [0.2, 0.25) is 5.02 Å². The zero-order valence-electron chi connectivity index (χ0n) is 16.0. The lowest BCUT2D eigenvalue weighted by molar-refractivity contribution is 0.510. The second-order valence-corrected chi connectivity index (χ2v) is 7.39. The average molecular weight is 425 g/mol. The molecule has 0 saturated carbocycles. The van der Waals surface area contributed by atoms with Gasteiger partial charge in [-0.2, -0.15) is 5.10 Å². The van der Waals surface area contributed by atoms with Crippen molar-refractivity contribution in [2.24, 2.45) is 0 Å². The molecule has 1 aromatic carbocycles. The van der Waals surface area contributed by atoms with Crippen LogP contribution in [0.4, 0.5) is 5.95 Å². The minimum atomic E-state index is -0.285. The Kier molecular flexibility index (Phi) is 4.51. The average Bonchev–Trinajstić information content (AvgIpc) is 3.41. The van der Waals surface area contributed by atoms with Crippen LogP contribution >= 0.6 is 11.6 Å². The molecule has 0 fully saturated rings. The lowest BCUT2D eigenvalue weighted by Gasteiger charge is -2.32. The Morgan fingerprint density at radius 3 is 2.90 bits per heavy atom. The van der Waals surface area contributed by atoms with Crippen LogP contribution in [0, 0.1) is 0 Å². The first-order valence-corrected chi connectivity index (χ1v) is 9.79. The highest BCUT2D eigenvalue weighted by Gasteiger charge is 2.29. The maximum atomic E-state index is 11.6. The minimum absolute atomic E-state index is 0.175. The molecule has 1 atom stereocenters. The van der Waals surface area contributed by atoms with Crippen LogP contribution in [-0.2, 0) is 6.54 Å². The molecule has 1 aliphatic rings. The number of hydrogen-bond acceptors (Lipinski definition) is 8. The molecular formula is C18H17ClN10O. The van der Waals surface area contributed by atoms with Crippen molar-refractivity contribution in [3.63, 3.8) is 0 Å². The number of H-pyrrole nitrogens is 1. The van der Waals surface area contributed by atoms with Gasteiger partial charge in [0.2, 0.25) is 5.95 Å². The standard InChI is InChI=1S/C18H17ClN10O/c1-11(16-22-26-29(25-16)14-5-2-4-13(19)9-14)27-6-3-7-28-17(23-24-18(27)28)12-8-15(30)21-20-10-12/h2,4-5,8-11H,3,6-7H2,1H3,(H,21,30)/t11-/m1/s1. The molecule has 5 rings (SSSR count). The molecule has 0 unspecified atom stereocenters. The Bertz CT molecular complexity index is 1260. The molecule has 0 spiro atoms. The van der Waals surface area contributed by atoms with E-state index in [1.165, 1.54) is 10.9 Å². The maximum absolute atomic E-state index is 11.6. The van der Waals surface area contributed by atoms with Gasteiger partial charge in [0.1, 0.15) is 0 Å². The summed E-state index contributed by atoms with van der Waals surface area (Å²) in [4.78, 5) is 15.2. The van der Waals surface area contributed by atoms with Crippen LogP contribution in [0.15, 0.2) is 41.3 Å². The van der Waals surface area contributed by atoms with E-state index in [2.05, 4.69) is 40.7 Å². The molecule has 4 aromatic rings. The fourth-order valence-corrected chi connectivity index (χ4v) is 3.72. The van der Waals surface area contributed by atoms with Gasteiger partial charge in [0.05, 0.1) is 17.9 Å². The van der Waals surface area contributed by atoms with Crippen LogP contribution in [0.3, 0.4) is 0 Å². The Morgan fingerprint density at radius 1 is 1.17 bits per heavy atom. The summed E-state index contributed by atoms with van der Waals surface area (Å²) in [5.74, 6) is 1.87. The van der Waals surface area contributed by atoms with Crippen LogP contribution < -0.4 is 10.5 Å². The van der Waals surface area contributed by atoms with Crippen molar-refractivity contribution < 1.29 is 0 Å². The SMILES string of the molecule is C[C@H](c1nnn(-c2cccc(Cl)c2)n1)N1CCCn2c(-c3cn[nH]c(=O)c3)nnc21. The summed E-state index contributed by atoms with van der Waals surface area (Å²) in [5.41, 5.74) is 1.07. The molecule has 0 amide bonds. The van der Waals surface area contributed by atoms with Crippen molar-refractivity contribution in [3.05, 3.63) is 57.7 Å². The van der Waals surface area contributed by atoms with E-state index in [0.29, 0.717) is 28.2 Å². The molecule has 0 radical (unpaired) electrons. The van der Waals surface area contributed by atoms with Crippen LogP contribution in [0.1, 0.15) is 25.2 Å². The number of aromatic nitrogens is 9. The minimum Gasteiger partial charge on any atom is -0.331 e. The summed E-state index contributed by atoms with van der Waals surface area (Å²) >= 11 is 6.06. The lowest BCUT2D eigenvalue weighted by Crippen LogP contribution is -2.35. The zero-order valence-corrected chi connectivity index (χ0v) is 16.7. The molecule has 1 aliphatic heterocycles. The summed E-state index contributed by atoms with van der Waals surface area (Å²) in [5, 5.41) is 28.4. The molecular weight excluding hydrogens is 408 g/mol. The fraction of sp³-hybridized carbons (Fsp3) is 0.278. The third-order valence-corrected chi connectivity index (χ3v) is 5.24. The first kappa shape index (κ1) is 18.4. The van der Waals surface area contributed by atoms with Gasteiger partial charge < -0.3 is 4.90 Å². The van der Waals surface area contributed by atoms with Gasteiger partial charge in [0.15, 0.2) is 11.6 Å². The molecule has 12 heteroatoms. The van der Waals surface area contributed by atoms with E-state index >= 15 is 0 Å². The van der Waals surface area contributed by atoms with Crippen molar-refractivity contribution in [1.29, 1.82) is 0 Å². The van der Waals surface area contributed by atoms with Crippen molar-refractivity contribution in [3.8, 4) is 17.1 Å². The smallest absolute Gasteiger partial charge is 0.264 e. The quantitative estimate of drug-likeness (QED) is 0.524. The highest BCUT2D eigenvalue weighted by atomic mass is 35.5. The number of nitrogens with one attached hydrogen (secondary N) is 1. The first-order valence-electron chi connectivity index (χ1n) is 9.41. The fourth-order valence-electron chi connectivity index (χ4n) is 3.53. The number of nitrogens with zero attached hydrogens (tertiary/aromatic N) is 9. The predicted molar refractivity (Wildman–Crippen MR) is 108 cm³/mol. The summed E-state index contributed by atoms with van der Waals surface area (Å²) in [7, 11) is 0.